The van der Waals surface area contributed by atoms with Crippen LogP contribution >= 0.6 is 0 Å². The maximum Gasteiger partial charge on any atom is 0.309 e. The average Bonchev–Trinajstić information content (AvgIpc) is 3.02. The van der Waals surface area contributed by atoms with Crippen molar-refractivity contribution in [1.29, 1.82) is 0 Å². The molecule has 1 heterocycles. The van der Waals surface area contributed by atoms with Crippen molar-refractivity contribution >= 4 is 11.9 Å². The van der Waals surface area contributed by atoms with Gasteiger partial charge in [-0.15, -0.1) is 0 Å². The van der Waals surface area contributed by atoms with E-state index in [1.54, 1.807) is 0 Å². The third kappa shape index (κ3) is 20.9. The van der Waals surface area contributed by atoms with Crippen LogP contribution in [0.25, 0.3) is 0 Å². The first-order chi connectivity index (χ1) is 21.8. The third-order valence-corrected chi connectivity index (χ3v) is 8.90. The Hall–Kier alpha value is -2.08. The Balaban J connectivity index is 0.000000754. The molecule has 1 aromatic rings. The molecule has 10 nitrogen and oxygen atoms in total. The number of likely N-dealkylation sites (N-methyl/N-ethyl adjacent to an activating group) is 2. The minimum absolute atomic E-state index is 0.0333. The van der Waals surface area contributed by atoms with Crippen molar-refractivity contribution in [3.8, 4) is 0 Å². The van der Waals surface area contributed by atoms with Gasteiger partial charge in [0.1, 0.15) is 0 Å². The van der Waals surface area contributed by atoms with Crippen LogP contribution in [0.3, 0.4) is 0 Å². The zero-order valence-corrected chi connectivity index (χ0v) is 31.0. The molecule has 46 heavy (non-hydrogen) atoms. The van der Waals surface area contributed by atoms with Crippen molar-refractivity contribution in [2.24, 2.45) is 5.41 Å². The molecule has 0 atom stereocenters. The number of benzene rings is 1. The van der Waals surface area contributed by atoms with Crippen LogP contribution < -0.4 is 0 Å². The number of carbonyl (C=O) groups is 2. The molecule has 2 N–H and O–H groups in total. The van der Waals surface area contributed by atoms with Gasteiger partial charge in [0, 0.05) is 52.2 Å². The molecule has 0 radical (unpaired) electrons. The molecule has 0 bridgehead atoms. The van der Waals surface area contributed by atoms with Gasteiger partial charge in [-0.3, -0.25) is 14.5 Å². The molecule has 0 unspecified atom stereocenters. The molecule has 1 aliphatic rings. The number of nitrogens with zero attached hydrogens (tertiary/aromatic N) is 6. The predicted octanol–water partition coefficient (Wildman–Crippen LogP) is 4.32. The molecule has 1 aromatic carbocycles. The summed E-state index contributed by atoms with van der Waals surface area (Å²) in [5.74, 6) is -1.64. The van der Waals surface area contributed by atoms with Gasteiger partial charge in [0.15, 0.2) is 0 Å². The van der Waals surface area contributed by atoms with Crippen molar-refractivity contribution in [1.82, 2.24) is 29.4 Å². The zero-order valence-electron chi connectivity index (χ0n) is 31.0. The van der Waals surface area contributed by atoms with Crippen molar-refractivity contribution in [2.45, 2.75) is 66.3 Å². The minimum Gasteiger partial charge on any atom is -0.481 e. The van der Waals surface area contributed by atoms with E-state index in [0.29, 0.717) is 25.7 Å². The second-order valence-corrected chi connectivity index (χ2v) is 13.1. The SMILES string of the molecule is CCN(CC)CCC(CCCC(=O)O)(CCN(CC)CC)C(=O)O.CN(C)CCN1CCN(C)CC1.CN(C)Cc1ccccc1. The Morgan fingerprint density at radius 2 is 1.24 bits per heavy atom. The largest absolute Gasteiger partial charge is 0.481 e. The molecular formula is C36H70N6O4. The molecular weight excluding hydrogens is 580 g/mol. The summed E-state index contributed by atoms with van der Waals surface area (Å²) in [5, 5.41) is 18.8. The standard InChI is InChI=1S/C18H36N2O4.C9H21N3.C9H13N/c1-5-19(6-2)14-12-18(17(23)24,11-9-10-16(21)22)13-15-20(7-3)8-4;1-10(2)4-7-12-8-5-11(3)6-9-12;1-10(2)8-9-6-4-3-5-7-9/h5-15H2,1-4H3,(H,21,22)(H,23,24);4-9H2,1-3H3;3-7H,8H2,1-2H3. The van der Waals surface area contributed by atoms with Gasteiger partial charge in [0.2, 0.25) is 0 Å². The first-order valence-electron chi connectivity index (χ1n) is 17.5. The fraction of sp³-hybridized carbons (Fsp3) is 0.778. The topological polar surface area (TPSA) is 94.0 Å². The van der Waals surface area contributed by atoms with Crippen molar-refractivity contribution in [3.63, 3.8) is 0 Å². The van der Waals surface area contributed by atoms with Crippen molar-refractivity contribution in [3.05, 3.63) is 35.9 Å². The van der Waals surface area contributed by atoms with Gasteiger partial charge in [-0.1, -0.05) is 58.0 Å². The zero-order chi connectivity index (χ0) is 35.0. The molecule has 0 saturated carbocycles. The highest BCUT2D eigenvalue weighted by molar-refractivity contribution is 5.75. The van der Waals surface area contributed by atoms with Gasteiger partial charge in [-0.05, 0) is 106 Å². The smallest absolute Gasteiger partial charge is 0.309 e. The lowest BCUT2D eigenvalue weighted by Gasteiger charge is -2.33. The Kier molecular flexibility index (Phi) is 24.8. The van der Waals surface area contributed by atoms with Crippen LogP contribution in [0.1, 0.15) is 65.4 Å². The summed E-state index contributed by atoms with van der Waals surface area (Å²) < 4.78 is 0. The van der Waals surface area contributed by atoms with Crippen LogP contribution in [-0.2, 0) is 16.1 Å². The summed E-state index contributed by atoms with van der Waals surface area (Å²) in [6, 6.07) is 10.5. The van der Waals surface area contributed by atoms with E-state index in [2.05, 4.69) is 117 Å². The fourth-order valence-electron chi connectivity index (χ4n) is 5.46. The average molecular weight is 651 g/mol. The number of aliphatic carboxylic acids is 2. The van der Waals surface area contributed by atoms with Gasteiger partial charge in [0.05, 0.1) is 5.41 Å². The molecule has 2 rings (SSSR count). The molecule has 1 fully saturated rings. The third-order valence-electron chi connectivity index (χ3n) is 8.90. The van der Waals surface area contributed by atoms with E-state index >= 15 is 0 Å². The van der Waals surface area contributed by atoms with Crippen molar-refractivity contribution in [2.75, 3.05) is 114 Å². The minimum atomic E-state index is -0.859. The van der Waals surface area contributed by atoms with Crippen LogP contribution in [0, 0.1) is 5.41 Å². The highest BCUT2D eigenvalue weighted by Gasteiger charge is 2.38. The first kappa shape index (κ1) is 43.9. The molecule has 0 aliphatic carbocycles. The van der Waals surface area contributed by atoms with E-state index in [1.165, 1.54) is 44.8 Å². The maximum atomic E-state index is 12.1. The van der Waals surface area contributed by atoms with Gasteiger partial charge in [-0.25, -0.2) is 0 Å². The predicted molar refractivity (Wildman–Crippen MR) is 193 cm³/mol. The highest BCUT2D eigenvalue weighted by atomic mass is 16.4. The lowest BCUT2D eigenvalue weighted by Crippen LogP contribution is -2.46. The van der Waals surface area contributed by atoms with E-state index in [1.807, 2.05) is 6.07 Å². The van der Waals surface area contributed by atoms with Gasteiger partial charge in [-0.2, -0.15) is 0 Å². The van der Waals surface area contributed by atoms with E-state index in [4.69, 9.17) is 5.11 Å². The number of hydrogen-bond acceptors (Lipinski definition) is 8. The Bertz CT molecular complexity index is 870. The maximum absolute atomic E-state index is 12.1. The van der Waals surface area contributed by atoms with Gasteiger partial charge in [0.25, 0.3) is 0 Å². The summed E-state index contributed by atoms with van der Waals surface area (Å²) in [7, 11) is 10.6. The van der Waals surface area contributed by atoms with E-state index < -0.39 is 17.4 Å². The molecule has 10 heteroatoms. The summed E-state index contributed by atoms with van der Waals surface area (Å²) in [6.07, 6.45) is 2.02. The lowest BCUT2D eigenvalue weighted by atomic mass is 9.76. The first-order valence-corrected chi connectivity index (χ1v) is 17.5. The van der Waals surface area contributed by atoms with E-state index in [-0.39, 0.29) is 6.42 Å². The Morgan fingerprint density at radius 3 is 1.63 bits per heavy atom. The van der Waals surface area contributed by atoms with Gasteiger partial charge >= 0.3 is 11.9 Å². The number of hydrogen-bond donors (Lipinski definition) is 2. The fourth-order valence-corrected chi connectivity index (χ4v) is 5.46. The van der Waals surface area contributed by atoms with Crippen LogP contribution in [-0.4, -0.2) is 165 Å². The Labute approximate surface area is 282 Å². The number of rotatable bonds is 20. The highest BCUT2D eigenvalue weighted by Crippen LogP contribution is 2.34. The monoisotopic (exact) mass is 651 g/mol. The molecule has 0 amide bonds. The van der Waals surface area contributed by atoms with Crippen LogP contribution in [0.2, 0.25) is 0 Å². The van der Waals surface area contributed by atoms with Crippen LogP contribution in [0.5, 0.6) is 0 Å². The summed E-state index contributed by atoms with van der Waals surface area (Å²) in [4.78, 5) is 36.7. The van der Waals surface area contributed by atoms with Crippen LogP contribution in [0.15, 0.2) is 30.3 Å². The molecule has 1 aliphatic heterocycles. The molecule has 0 spiro atoms. The van der Waals surface area contributed by atoms with Gasteiger partial charge < -0.3 is 34.7 Å². The summed E-state index contributed by atoms with van der Waals surface area (Å²) in [5.41, 5.74) is 0.535. The summed E-state index contributed by atoms with van der Waals surface area (Å²) in [6.45, 7) is 21.8. The molecule has 1 saturated heterocycles. The number of piperazine rings is 1. The Morgan fingerprint density at radius 1 is 0.739 bits per heavy atom. The molecule has 0 aromatic heterocycles. The number of carboxylic acids is 2. The molecule has 268 valence electrons. The summed E-state index contributed by atoms with van der Waals surface area (Å²) >= 11 is 0. The quantitative estimate of drug-likeness (QED) is 0.213. The lowest BCUT2D eigenvalue weighted by molar-refractivity contribution is -0.151. The van der Waals surface area contributed by atoms with E-state index in [9.17, 15) is 14.7 Å². The van der Waals surface area contributed by atoms with Crippen molar-refractivity contribution < 1.29 is 19.8 Å². The second-order valence-electron chi connectivity index (χ2n) is 13.1. The van der Waals surface area contributed by atoms with Crippen LogP contribution in [0.4, 0.5) is 0 Å². The number of carboxylic acid groups (broad SMARTS) is 2. The van der Waals surface area contributed by atoms with E-state index in [0.717, 1.165) is 45.8 Å². The normalized spacial score (nSPS) is 14.3. The second kappa shape index (κ2) is 25.9.